The molecule has 0 aromatic heterocycles. The normalized spacial score (nSPS) is 15.2. The van der Waals surface area contributed by atoms with Crippen LogP contribution in [0, 0.1) is 0 Å². The van der Waals surface area contributed by atoms with Crippen LogP contribution in [0.2, 0.25) is 5.02 Å². The molecule has 2 aromatic carbocycles. The van der Waals surface area contributed by atoms with E-state index in [1.54, 1.807) is 30.3 Å². The number of nitrogens with zero attached hydrogens (tertiary/aromatic N) is 1. The van der Waals surface area contributed by atoms with E-state index in [0.29, 0.717) is 24.7 Å². The fourth-order valence-corrected chi connectivity index (χ4v) is 3.83. The number of rotatable bonds is 5. The lowest BCUT2D eigenvalue weighted by Crippen LogP contribution is -2.39. The van der Waals surface area contributed by atoms with E-state index in [1.807, 2.05) is 0 Å². The van der Waals surface area contributed by atoms with Gasteiger partial charge in [0.05, 0.1) is 42.7 Å². The van der Waals surface area contributed by atoms with Gasteiger partial charge in [-0.25, -0.2) is 9.59 Å². The number of hydrogen-bond acceptors (Lipinski definition) is 9. The standard InChI is InChI=1S/C23H20ClNO8/c1-29-22(27)15-11-31-12-25(20(15)23(28)30-2)17-10-19-18(32-7-8-33-19)9-14(17)21(26)13-5-3-4-6-16(13)24/h3-6,9-10H,7-8,11-12H2,1-2H3. The lowest BCUT2D eigenvalue weighted by Gasteiger charge is -2.33. The van der Waals surface area contributed by atoms with Crippen molar-refractivity contribution in [2.75, 3.05) is 45.7 Å². The first-order chi connectivity index (χ1) is 16.0. The molecule has 0 saturated carbocycles. The fourth-order valence-electron chi connectivity index (χ4n) is 3.61. The molecule has 2 aliphatic heterocycles. The summed E-state index contributed by atoms with van der Waals surface area (Å²) in [5.41, 5.74) is 0.545. The van der Waals surface area contributed by atoms with Crippen LogP contribution in [0.4, 0.5) is 5.69 Å². The Morgan fingerprint density at radius 1 is 0.939 bits per heavy atom. The Bertz CT molecular complexity index is 1160. The lowest BCUT2D eigenvalue weighted by atomic mass is 9.99. The van der Waals surface area contributed by atoms with Gasteiger partial charge in [-0.15, -0.1) is 0 Å². The molecule has 2 aromatic rings. The molecule has 0 unspecified atom stereocenters. The number of ketones is 1. The molecule has 9 nitrogen and oxygen atoms in total. The maximum atomic E-state index is 13.6. The summed E-state index contributed by atoms with van der Waals surface area (Å²) in [4.78, 5) is 40.0. The van der Waals surface area contributed by atoms with E-state index in [4.69, 9.17) is 35.3 Å². The van der Waals surface area contributed by atoms with Crippen molar-refractivity contribution in [1.29, 1.82) is 0 Å². The Morgan fingerprint density at radius 2 is 1.61 bits per heavy atom. The van der Waals surface area contributed by atoms with Crippen LogP contribution in [0.15, 0.2) is 47.7 Å². The van der Waals surface area contributed by atoms with Crippen LogP contribution in [0.3, 0.4) is 0 Å². The quantitative estimate of drug-likeness (QED) is 0.479. The van der Waals surface area contributed by atoms with Crippen molar-refractivity contribution < 1.29 is 38.1 Å². The molecular weight excluding hydrogens is 454 g/mol. The molecule has 0 bridgehead atoms. The molecule has 33 heavy (non-hydrogen) atoms. The highest BCUT2D eigenvalue weighted by Crippen LogP contribution is 2.41. The van der Waals surface area contributed by atoms with Crippen LogP contribution in [0.1, 0.15) is 15.9 Å². The van der Waals surface area contributed by atoms with Crippen molar-refractivity contribution in [3.05, 3.63) is 63.8 Å². The maximum Gasteiger partial charge on any atom is 0.355 e. The van der Waals surface area contributed by atoms with E-state index < -0.39 is 17.7 Å². The van der Waals surface area contributed by atoms with Gasteiger partial charge >= 0.3 is 11.9 Å². The summed E-state index contributed by atoms with van der Waals surface area (Å²) >= 11 is 6.28. The first kappa shape index (κ1) is 22.6. The zero-order valence-corrected chi connectivity index (χ0v) is 18.6. The molecule has 0 saturated heterocycles. The number of benzene rings is 2. The maximum absolute atomic E-state index is 13.6. The predicted molar refractivity (Wildman–Crippen MR) is 117 cm³/mol. The van der Waals surface area contributed by atoms with Crippen LogP contribution in [-0.2, 0) is 23.8 Å². The summed E-state index contributed by atoms with van der Waals surface area (Å²) in [6.07, 6.45) is 0. The largest absolute Gasteiger partial charge is 0.486 e. The smallest absolute Gasteiger partial charge is 0.355 e. The second-order valence-electron chi connectivity index (χ2n) is 7.04. The molecule has 2 aliphatic rings. The Kier molecular flexibility index (Phi) is 6.52. The Hall–Kier alpha value is -3.56. The molecule has 0 spiro atoms. The predicted octanol–water partition coefficient (Wildman–Crippen LogP) is 2.74. The van der Waals surface area contributed by atoms with Crippen molar-refractivity contribution in [3.63, 3.8) is 0 Å². The van der Waals surface area contributed by atoms with Gasteiger partial charge in [-0.3, -0.25) is 4.79 Å². The summed E-state index contributed by atoms with van der Waals surface area (Å²) in [7, 11) is 2.39. The average molecular weight is 474 g/mol. The lowest BCUT2D eigenvalue weighted by molar-refractivity contribution is -0.140. The number of carbonyl (C=O) groups excluding carboxylic acids is 3. The summed E-state index contributed by atoms with van der Waals surface area (Å²) < 4.78 is 26.6. The minimum absolute atomic E-state index is 0.0402. The van der Waals surface area contributed by atoms with Crippen molar-refractivity contribution in [2.45, 2.75) is 0 Å². The zero-order chi connectivity index (χ0) is 23.5. The van der Waals surface area contributed by atoms with Crippen molar-refractivity contribution in [1.82, 2.24) is 0 Å². The SMILES string of the molecule is COC(=O)C1=C(C(=O)OC)N(c2cc3c(cc2C(=O)c2ccccc2Cl)OCCO3)COC1. The van der Waals surface area contributed by atoms with Crippen molar-refractivity contribution in [3.8, 4) is 11.5 Å². The molecular formula is C23H20ClNO8. The summed E-state index contributed by atoms with van der Waals surface area (Å²) in [6.45, 7) is 0.339. The third-order valence-electron chi connectivity index (χ3n) is 5.15. The van der Waals surface area contributed by atoms with Gasteiger partial charge in [0, 0.05) is 11.6 Å². The van der Waals surface area contributed by atoms with Crippen molar-refractivity contribution >= 4 is 35.0 Å². The molecule has 172 valence electrons. The molecule has 10 heteroatoms. The second-order valence-corrected chi connectivity index (χ2v) is 7.45. The number of carbonyl (C=O) groups is 3. The highest BCUT2D eigenvalue weighted by Gasteiger charge is 2.35. The van der Waals surface area contributed by atoms with Gasteiger partial charge < -0.3 is 28.6 Å². The Labute approximate surface area is 194 Å². The molecule has 0 N–H and O–H groups in total. The highest BCUT2D eigenvalue weighted by molar-refractivity contribution is 6.35. The van der Waals surface area contributed by atoms with Gasteiger partial charge in [0.25, 0.3) is 0 Å². The van der Waals surface area contributed by atoms with Crippen LogP contribution in [-0.4, -0.2) is 58.5 Å². The van der Waals surface area contributed by atoms with Crippen LogP contribution in [0.5, 0.6) is 11.5 Å². The average Bonchev–Trinajstić information content (AvgIpc) is 2.86. The minimum Gasteiger partial charge on any atom is -0.486 e. The third-order valence-corrected chi connectivity index (χ3v) is 5.48. The van der Waals surface area contributed by atoms with Crippen LogP contribution < -0.4 is 14.4 Å². The van der Waals surface area contributed by atoms with Gasteiger partial charge in [0.2, 0.25) is 0 Å². The van der Waals surface area contributed by atoms with E-state index in [0.717, 1.165) is 0 Å². The monoisotopic (exact) mass is 473 g/mol. The Morgan fingerprint density at radius 3 is 2.27 bits per heavy atom. The number of fused-ring (bicyclic) bond motifs is 1. The first-order valence-electron chi connectivity index (χ1n) is 9.94. The minimum atomic E-state index is -0.787. The number of halogens is 1. The summed E-state index contributed by atoms with van der Waals surface area (Å²) in [6, 6.07) is 9.68. The number of methoxy groups -OCH3 is 2. The van der Waals surface area contributed by atoms with E-state index in [2.05, 4.69) is 0 Å². The first-order valence-corrected chi connectivity index (χ1v) is 10.3. The van der Waals surface area contributed by atoms with Gasteiger partial charge in [-0.2, -0.15) is 0 Å². The number of hydrogen-bond donors (Lipinski definition) is 0. The molecule has 0 radical (unpaired) electrons. The van der Waals surface area contributed by atoms with E-state index >= 15 is 0 Å². The van der Waals surface area contributed by atoms with Gasteiger partial charge in [-0.1, -0.05) is 23.7 Å². The van der Waals surface area contributed by atoms with E-state index in [1.165, 1.54) is 25.2 Å². The van der Waals surface area contributed by atoms with Gasteiger partial charge in [0.1, 0.15) is 25.6 Å². The number of anilines is 1. The molecule has 0 aliphatic carbocycles. The van der Waals surface area contributed by atoms with Crippen LogP contribution in [0.25, 0.3) is 0 Å². The van der Waals surface area contributed by atoms with Gasteiger partial charge in [0.15, 0.2) is 17.3 Å². The second kappa shape index (κ2) is 9.51. The fraction of sp³-hybridized carbons (Fsp3) is 0.261. The molecule has 0 atom stereocenters. The number of esters is 2. The molecule has 0 fully saturated rings. The molecule has 4 rings (SSSR count). The number of ether oxygens (including phenoxy) is 5. The van der Waals surface area contributed by atoms with Gasteiger partial charge in [-0.05, 0) is 18.2 Å². The van der Waals surface area contributed by atoms with E-state index in [9.17, 15) is 14.4 Å². The summed E-state index contributed by atoms with van der Waals surface area (Å²) in [5, 5.41) is 0.261. The highest BCUT2D eigenvalue weighted by atomic mass is 35.5. The van der Waals surface area contributed by atoms with Crippen molar-refractivity contribution in [2.24, 2.45) is 0 Å². The zero-order valence-electron chi connectivity index (χ0n) is 17.9. The van der Waals surface area contributed by atoms with E-state index in [-0.39, 0.29) is 46.4 Å². The molecule has 0 amide bonds. The van der Waals surface area contributed by atoms with Crippen LogP contribution >= 0.6 is 11.6 Å². The Balaban J connectivity index is 1.93. The topological polar surface area (TPSA) is 101 Å². The molecule has 2 heterocycles. The summed E-state index contributed by atoms with van der Waals surface area (Å²) in [5.74, 6) is -1.21. The third kappa shape index (κ3) is 4.24.